The van der Waals surface area contributed by atoms with Crippen molar-refractivity contribution in [2.45, 2.75) is 45.6 Å². The molecule has 0 bridgehead atoms. The Kier molecular flexibility index (Phi) is 9.15. The first-order chi connectivity index (χ1) is 14.3. The first kappa shape index (κ1) is 23.7. The van der Waals surface area contributed by atoms with Crippen LogP contribution >= 0.6 is 11.6 Å². The molecule has 0 saturated carbocycles. The Labute approximate surface area is 182 Å². The van der Waals surface area contributed by atoms with Gasteiger partial charge in [-0.3, -0.25) is 9.59 Å². The average Bonchev–Trinajstić information content (AvgIpc) is 2.95. The van der Waals surface area contributed by atoms with Crippen LogP contribution in [-0.4, -0.2) is 35.2 Å². The highest BCUT2D eigenvalue weighted by Gasteiger charge is 2.16. The summed E-state index contributed by atoms with van der Waals surface area (Å²) in [5.74, 6) is -2.15. The number of fused-ring (bicyclic) bond motifs is 1. The number of halogens is 1. The Morgan fingerprint density at radius 3 is 2.23 bits per heavy atom. The molecule has 2 aromatic carbocycles. The number of nitrogens with one attached hydrogen (secondary N) is 2. The Bertz CT molecular complexity index is 854. The van der Waals surface area contributed by atoms with Gasteiger partial charge >= 0.3 is 11.9 Å². The number of hydrogen-bond donors (Lipinski definition) is 4. The maximum absolute atomic E-state index is 9.64. The second-order valence-corrected chi connectivity index (χ2v) is 7.78. The summed E-state index contributed by atoms with van der Waals surface area (Å²) in [6, 6.07) is 13.1. The van der Waals surface area contributed by atoms with Gasteiger partial charge in [-0.25, -0.2) is 0 Å². The molecule has 1 heterocycles. The van der Waals surface area contributed by atoms with Crippen LogP contribution in [0.25, 0.3) is 0 Å². The van der Waals surface area contributed by atoms with Crippen molar-refractivity contribution < 1.29 is 19.8 Å². The van der Waals surface area contributed by atoms with Crippen LogP contribution in [0, 0.1) is 6.92 Å². The third-order valence-electron chi connectivity index (χ3n) is 4.97. The van der Waals surface area contributed by atoms with Crippen LogP contribution in [0.2, 0.25) is 5.02 Å². The minimum absolute atomic E-state index is 0.237. The van der Waals surface area contributed by atoms with Gasteiger partial charge in [0.1, 0.15) is 0 Å². The zero-order chi connectivity index (χ0) is 22.1. The van der Waals surface area contributed by atoms with E-state index in [1.807, 2.05) is 6.07 Å². The van der Waals surface area contributed by atoms with Gasteiger partial charge in [-0.2, -0.15) is 0 Å². The van der Waals surface area contributed by atoms with Crippen molar-refractivity contribution in [3.63, 3.8) is 0 Å². The molecular formula is C23H29ClN2O4. The molecule has 6 nitrogen and oxygen atoms in total. The van der Waals surface area contributed by atoms with Crippen molar-refractivity contribution in [2.75, 3.05) is 18.4 Å². The third-order valence-corrected chi connectivity index (χ3v) is 5.29. The molecule has 0 radical (unpaired) electrons. The fourth-order valence-electron chi connectivity index (χ4n) is 3.27. The van der Waals surface area contributed by atoms with E-state index in [0.29, 0.717) is 0 Å². The standard InChI is InChI=1S/C19H23ClN2.C4H6O4/c1-13-3-5-15(6-4-13)14(2)22-19-17-10-12-21-11-9-16(17)7-8-18(19)20;5-3(6)1-2-4(7)8/h3-8,14,21-22H,9-12H2,1-2H3;1-2H2,(H,5,6)(H,7,8)/t14-;/m1./s1. The Morgan fingerprint density at radius 1 is 1.03 bits per heavy atom. The molecule has 4 N–H and O–H groups in total. The largest absolute Gasteiger partial charge is 0.481 e. The number of aryl methyl sites for hydroxylation is 1. The molecule has 2 aromatic rings. The second-order valence-electron chi connectivity index (χ2n) is 7.37. The molecule has 0 spiro atoms. The summed E-state index contributed by atoms with van der Waals surface area (Å²) in [5.41, 5.74) is 6.46. The van der Waals surface area contributed by atoms with E-state index >= 15 is 0 Å². The topological polar surface area (TPSA) is 98.7 Å². The number of anilines is 1. The summed E-state index contributed by atoms with van der Waals surface area (Å²) in [7, 11) is 0. The summed E-state index contributed by atoms with van der Waals surface area (Å²) >= 11 is 6.49. The van der Waals surface area contributed by atoms with Crippen LogP contribution < -0.4 is 10.6 Å². The van der Waals surface area contributed by atoms with Crippen LogP contribution in [0.15, 0.2) is 36.4 Å². The number of hydrogen-bond acceptors (Lipinski definition) is 4. The maximum atomic E-state index is 9.64. The molecule has 0 aromatic heterocycles. The highest BCUT2D eigenvalue weighted by Crippen LogP contribution is 2.33. The number of carbonyl (C=O) groups is 2. The minimum Gasteiger partial charge on any atom is -0.481 e. The first-order valence-corrected chi connectivity index (χ1v) is 10.4. The molecule has 0 unspecified atom stereocenters. The molecule has 7 heteroatoms. The van der Waals surface area contributed by atoms with E-state index in [0.717, 1.165) is 36.6 Å². The van der Waals surface area contributed by atoms with Crippen LogP contribution in [-0.2, 0) is 22.4 Å². The molecule has 1 aliphatic rings. The van der Waals surface area contributed by atoms with Crippen molar-refractivity contribution in [3.05, 3.63) is 63.7 Å². The normalized spacial score (nSPS) is 13.8. The monoisotopic (exact) mass is 432 g/mol. The molecule has 0 fully saturated rings. The lowest BCUT2D eigenvalue weighted by Crippen LogP contribution is -2.16. The number of rotatable bonds is 6. The summed E-state index contributed by atoms with van der Waals surface area (Å²) in [6.45, 7) is 6.36. The zero-order valence-electron chi connectivity index (χ0n) is 17.4. The van der Waals surface area contributed by atoms with Crippen molar-refractivity contribution in [2.24, 2.45) is 0 Å². The molecule has 0 amide bonds. The zero-order valence-corrected chi connectivity index (χ0v) is 18.1. The summed E-state index contributed by atoms with van der Waals surface area (Å²) in [4.78, 5) is 19.3. The average molecular weight is 433 g/mol. The minimum atomic E-state index is -1.08. The SMILES string of the molecule is Cc1ccc([C@@H](C)Nc2c(Cl)ccc3c2CCNCC3)cc1.O=C(O)CCC(=O)O. The van der Waals surface area contributed by atoms with Crippen molar-refractivity contribution in [1.29, 1.82) is 0 Å². The third kappa shape index (κ3) is 7.35. The van der Waals surface area contributed by atoms with E-state index in [2.05, 4.69) is 54.8 Å². The van der Waals surface area contributed by atoms with Gasteiger partial charge in [0.2, 0.25) is 0 Å². The maximum Gasteiger partial charge on any atom is 0.303 e. The van der Waals surface area contributed by atoms with E-state index in [1.165, 1.54) is 22.3 Å². The molecular weight excluding hydrogens is 404 g/mol. The molecule has 0 saturated heterocycles. The predicted octanol–water partition coefficient (Wildman–Crippen LogP) is 4.45. The van der Waals surface area contributed by atoms with Gasteiger partial charge in [-0.1, -0.05) is 47.5 Å². The van der Waals surface area contributed by atoms with Crippen LogP contribution in [0.5, 0.6) is 0 Å². The molecule has 0 aliphatic carbocycles. The van der Waals surface area contributed by atoms with Crippen LogP contribution in [0.4, 0.5) is 5.69 Å². The summed E-state index contributed by atoms with van der Waals surface area (Å²) in [5, 5.41) is 23.7. The lowest BCUT2D eigenvalue weighted by molar-refractivity contribution is -0.143. The van der Waals surface area contributed by atoms with Gasteiger partial charge in [0, 0.05) is 6.04 Å². The number of carboxylic acid groups (broad SMARTS) is 2. The molecule has 1 aliphatic heterocycles. The highest BCUT2D eigenvalue weighted by atomic mass is 35.5. The number of aliphatic carboxylic acids is 2. The lowest BCUT2D eigenvalue weighted by Gasteiger charge is -2.21. The van der Waals surface area contributed by atoms with Crippen molar-refractivity contribution >= 4 is 29.2 Å². The van der Waals surface area contributed by atoms with Crippen LogP contribution in [0.1, 0.15) is 48.1 Å². The van der Waals surface area contributed by atoms with E-state index in [1.54, 1.807) is 0 Å². The van der Waals surface area contributed by atoms with Gasteiger partial charge in [0.25, 0.3) is 0 Å². The predicted molar refractivity (Wildman–Crippen MR) is 119 cm³/mol. The fraction of sp³-hybridized carbons (Fsp3) is 0.391. The van der Waals surface area contributed by atoms with E-state index in [4.69, 9.17) is 21.8 Å². The van der Waals surface area contributed by atoms with Crippen molar-refractivity contribution in [1.82, 2.24) is 5.32 Å². The van der Waals surface area contributed by atoms with Gasteiger partial charge in [-0.05, 0) is 62.5 Å². The Hall–Kier alpha value is -2.57. The lowest BCUT2D eigenvalue weighted by atomic mass is 9.99. The quantitative estimate of drug-likeness (QED) is 0.538. The summed E-state index contributed by atoms with van der Waals surface area (Å²) in [6.07, 6.45) is 1.50. The van der Waals surface area contributed by atoms with Gasteiger partial charge in [0.15, 0.2) is 0 Å². The summed E-state index contributed by atoms with van der Waals surface area (Å²) < 4.78 is 0. The van der Waals surface area contributed by atoms with Gasteiger partial charge < -0.3 is 20.8 Å². The Balaban J connectivity index is 0.000000343. The van der Waals surface area contributed by atoms with E-state index in [-0.39, 0.29) is 18.9 Å². The molecule has 30 heavy (non-hydrogen) atoms. The molecule has 1 atom stereocenters. The first-order valence-electron chi connectivity index (χ1n) is 10.1. The number of carboxylic acids is 2. The van der Waals surface area contributed by atoms with Crippen molar-refractivity contribution in [3.8, 4) is 0 Å². The second kappa shape index (κ2) is 11.6. The van der Waals surface area contributed by atoms with Crippen LogP contribution in [0.3, 0.4) is 0 Å². The molecule has 162 valence electrons. The highest BCUT2D eigenvalue weighted by molar-refractivity contribution is 6.33. The van der Waals surface area contributed by atoms with Gasteiger partial charge in [-0.15, -0.1) is 0 Å². The van der Waals surface area contributed by atoms with E-state index < -0.39 is 11.9 Å². The number of benzene rings is 2. The molecule has 3 rings (SSSR count). The van der Waals surface area contributed by atoms with Gasteiger partial charge in [0.05, 0.1) is 23.6 Å². The van der Waals surface area contributed by atoms with E-state index in [9.17, 15) is 9.59 Å². The Morgan fingerprint density at radius 2 is 1.63 bits per heavy atom. The smallest absolute Gasteiger partial charge is 0.303 e. The fourth-order valence-corrected chi connectivity index (χ4v) is 3.50.